The first-order chi connectivity index (χ1) is 8.69. The fraction of sp³-hybridized carbons (Fsp3) is 0.133. The summed E-state index contributed by atoms with van der Waals surface area (Å²) in [6, 6.07) is 15.0. The summed E-state index contributed by atoms with van der Waals surface area (Å²) < 4.78 is 0. The van der Waals surface area contributed by atoms with Gasteiger partial charge in [-0.15, -0.1) is 0 Å². The lowest BCUT2D eigenvalue weighted by molar-refractivity contribution is 0.102. The number of nitrogens with one attached hydrogen (secondary N) is 1. The summed E-state index contributed by atoms with van der Waals surface area (Å²) >= 11 is 0. The monoisotopic (exact) mass is 240 g/mol. The van der Waals surface area contributed by atoms with Gasteiger partial charge in [-0.05, 0) is 36.8 Å². The smallest absolute Gasteiger partial charge is 0.255 e. The molecule has 92 valence electrons. The summed E-state index contributed by atoms with van der Waals surface area (Å²) in [4.78, 5) is 12.0. The number of carbonyl (C=O) groups excluding carboxylic acids is 1. The maximum Gasteiger partial charge on any atom is 0.255 e. The maximum atomic E-state index is 12.0. The van der Waals surface area contributed by atoms with Crippen molar-refractivity contribution in [2.24, 2.45) is 5.73 Å². The third-order valence-corrected chi connectivity index (χ3v) is 2.73. The molecule has 0 unspecified atom stereocenters. The van der Waals surface area contributed by atoms with Crippen LogP contribution in [0.15, 0.2) is 48.5 Å². The van der Waals surface area contributed by atoms with Crippen molar-refractivity contribution < 1.29 is 4.79 Å². The van der Waals surface area contributed by atoms with Crippen molar-refractivity contribution in [2.75, 3.05) is 5.32 Å². The number of hydrogen-bond acceptors (Lipinski definition) is 2. The van der Waals surface area contributed by atoms with Gasteiger partial charge in [0.2, 0.25) is 0 Å². The van der Waals surface area contributed by atoms with Gasteiger partial charge in [0.15, 0.2) is 0 Å². The van der Waals surface area contributed by atoms with Crippen molar-refractivity contribution in [1.82, 2.24) is 0 Å². The molecule has 0 fully saturated rings. The number of anilines is 1. The summed E-state index contributed by atoms with van der Waals surface area (Å²) in [7, 11) is 0. The Morgan fingerprint density at radius 3 is 2.50 bits per heavy atom. The van der Waals surface area contributed by atoms with Gasteiger partial charge >= 0.3 is 0 Å². The lowest BCUT2D eigenvalue weighted by Gasteiger charge is -2.06. The Kier molecular flexibility index (Phi) is 3.75. The topological polar surface area (TPSA) is 55.1 Å². The number of amides is 1. The average Bonchev–Trinajstić information content (AvgIpc) is 2.39. The lowest BCUT2D eigenvalue weighted by atomic mass is 10.1. The van der Waals surface area contributed by atoms with Crippen molar-refractivity contribution in [1.29, 1.82) is 0 Å². The van der Waals surface area contributed by atoms with E-state index in [0.717, 1.165) is 16.8 Å². The van der Waals surface area contributed by atoms with Gasteiger partial charge in [-0.2, -0.15) is 0 Å². The molecule has 0 aliphatic carbocycles. The molecule has 3 nitrogen and oxygen atoms in total. The summed E-state index contributed by atoms with van der Waals surface area (Å²) in [6.45, 7) is 2.47. The molecule has 1 amide bonds. The van der Waals surface area contributed by atoms with Gasteiger partial charge in [0.05, 0.1) is 0 Å². The molecule has 0 aromatic heterocycles. The van der Waals surface area contributed by atoms with E-state index in [1.807, 2.05) is 49.4 Å². The molecular formula is C15H16N2O. The minimum absolute atomic E-state index is 0.0980. The van der Waals surface area contributed by atoms with E-state index in [1.165, 1.54) is 0 Å². The zero-order valence-corrected chi connectivity index (χ0v) is 10.3. The summed E-state index contributed by atoms with van der Waals surface area (Å²) in [5, 5.41) is 2.86. The molecule has 0 bridgehead atoms. The highest BCUT2D eigenvalue weighted by atomic mass is 16.1. The molecule has 0 atom stereocenters. The maximum absolute atomic E-state index is 12.0. The second-order valence-corrected chi connectivity index (χ2v) is 4.22. The van der Waals surface area contributed by atoms with Crippen LogP contribution in [-0.2, 0) is 6.54 Å². The number of rotatable bonds is 3. The Labute approximate surface area is 107 Å². The third kappa shape index (κ3) is 2.96. The Morgan fingerprint density at radius 1 is 1.17 bits per heavy atom. The van der Waals surface area contributed by atoms with Crippen LogP contribution in [0, 0.1) is 6.92 Å². The summed E-state index contributed by atoms with van der Waals surface area (Å²) in [5.74, 6) is -0.0980. The normalized spacial score (nSPS) is 10.1. The highest BCUT2D eigenvalue weighted by Crippen LogP contribution is 2.12. The SMILES string of the molecule is Cc1cccc(C(=O)Nc2ccc(CN)cc2)c1. The van der Waals surface area contributed by atoms with Crippen LogP contribution in [0.4, 0.5) is 5.69 Å². The largest absolute Gasteiger partial charge is 0.326 e. The van der Waals surface area contributed by atoms with Crippen molar-refractivity contribution in [3.63, 3.8) is 0 Å². The molecule has 3 heteroatoms. The molecule has 0 saturated carbocycles. The number of carbonyl (C=O) groups is 1. The first-order valence-corrected chi connectivity index (χ1v) is 5.86. The van der Waals surface area contributed by atoms with Crippen LogP contribution in [-0.4, -0.2) is 5.91 Å². The van der Waals surface area contributed by atoms with E-state index in [0.29, 0.717) is 12.1 Å². The van der Waals surface area contributed by atoms with Crippen molar-refractivity contribution in [3.8, 4) is 0 Å². The molecule has 18 heavy (non-hydrogen) atoms. The second-order valence-electron chi connectivity index (χ2n) is 4.22. The van der Waals surface area contributed by atoms with Crippen molar-refractivity contribution in [2.45, 2.75) is 13.5 Å². The first kappa shape index (κ1) is 12.3. The van der Waals surface area contributed by atoms with Crippen molar-refractivity contribution >= 4 is 11.6 Å². The molecule has 2 rings (SSSR count). The van der Waals surface area contributed by atoms with Crippen LogP contribution in [0.2, 0.25) is 0 Å². The zero-order valence-electron chi connectivity index (χ0n) is 10.3. The van der Waals surface area contributed by atoms with E-state index in [-0.39, 0.29) is 5.91 Å². The predicted molar refractivity (Wildman–Crippen MR) is 73.5 cm³/mol. The van der Waals surface area contributed by atoms with Crippen LogP contribution in [0.25, 0.3) is 0 Å². The summed E-state index contributed by atoms with van der Waals surface area (Å²) in [5.41, 5.74) is 9.08. The van der Waals surface area contributed by atoms with Gasteiger partial charge < -0.3 is 11.1 Å². The minimum atomic E-state index is -0.0980. The molecular weight excluding hydrogens is 224 g/mol. The van der Waals surface area contributed by atoms with Gasteiger partial charge in [-0.1, -0.05) is 29.8 Å². The standard InChI is InChI=1S/C15H16N2O/c1-11-3-2-4-13(9-11)15(18)17-14-7-5-12(10-16)6-8-14/h2-9H,10,16H2,1H3,(H,17,18). The molecule has 2 aromatic rings. The number of hydrogen-bond donors (Lipinski definition) is 2. The second kappa shape index (κ2) is 5.47. The average molecular weight is 240 g/mol. The fourth-order valence-corrected chi connectivity index (χ4v) is 1.71. The first-order valence-electron chi connectivity index (χ1n) is 5.86. The Morgan fingerprint density at radius 2 is 1.89 bits per heavy atom. The molecule has 0 heterocycles. The lowest BCUT2D eigenvalue weighted by Crippen LogP contribution is -2.12. The molecule has 0 spiro atoms. The van der Waals surface area contributed by atoms with Crippen LogP contribution in [0.3, 0.4) is 0 Å². The highest BCUT2D eigenvalue weighted by Gasteiger charge is 2.05. The number of benzene rings is 2. The predicted octanol–water partition coefficient (Wildman–Crippen LogP) is 2.71. The van der Waals surface area contributed by atoms with Crippen LogP contribution < -0.4 is 11.1 Å². The van der Waals surface area contributed by atoms with E-state index >= 15 is 0 Å². The molecule has 0 saturated heterocycles. The van der Waals surface area contributed by atoms with Gasteiger partial charge in [0.1, 0.15) is 0 Å². The van der Waals surface area contributed by atoms with Crippen LogP contribution in [0.1, 0.15) is 21.5 Å². The highest BCUT2D eigenvalue weighted by molar-refractivity contribution is 6.04. The number of aryl methyl sites for hydroxylation is 1. The van der Waals surface area contributed by atoms with Crippen molar-refractivity contribution in [3.05, 3.63) is 65.2 Å². The zero-order chi connectivity index (χ0) is 13.0. The van der Waals surface area contributed by atoms with Gasteiger partial charge in [0, 0.05) is 17.8 Å². The Balaban J connectivity index is 2.11. The van der Waals surface area contributed by atoms with Gasteiger partial charge in [0.25, 0.3) is 5.91 Å². The third-order valence-electron chi connectivity index (χ3n) is 2.73. The Hall–Kier alpha value is -2.13. The quantitative estimate of drug-likeness (QED) is 0.866. The molecule has 2 aromatic carbocycles. The fourth-order valence-electron chi connectivity index (χ4n) is 1.71. The molecule has 3 N–H and O–H groups in total. The number of nitrogens with two attached hydrogens (primary N) is 1. The van der Waals surface area contributed by atoms with Gasteiger partial charge in [-0.3, -0.25) is 4.79 Å². The van der Waals surface area contributed by atoms with E-state index in [2.05, 4.69) is 5.32 Å². The molecule has 0 aliphatic heterocycles. The molecule has 0 radical (unpaired) electrons. The summed E-state index contributed by atoms with van der Waals surface area (Å²) in [6.07, 6.45) is 0. The Bertz CT molecular complexity index is 547. The van der Waals surface area contributed by atoms with Crippen LogP contribution >= 0.6 is 0 Å². The molecule has 0 aliphatic rings. The van der Waals surface area contributed by atoms with Gasteiger partial charge in [-0.25, -0.2) is 0 Å². The van der Waals surface area contributed by atoms with E-state index in [1.54, 1.807) is 6.07 Å². The van der Waals surface area contributed by atoms with E-state index < -0.39 is 0 Å². The van der Waals surface area contributed by atoms with E-state index in [4.69, 9.17) is 5.73 Å². The van der Waals surface area contributed by atoms with E-state index in [9.17, 15) is 4.79 Å². The van der Waals surface area contributed by atoms with Crippen LogP contribution in [0.5, 0.6) is 0 Å². The minimum Gasteiger partial charge on any atom is -0.326 e.